The Morgan fingerprint density at radius 2 is 1.85 bits per heavy atom. The minimum absolute atomic E-state index is 0.0632. The summed E-state index contributed by atoms with van der Waals surface area (Å²) in [6.07, 6.45) is 0. The highest BCUT2D eigenvalue weighted by Crippen LogP contribution is 2.32. The van der Waals surface area contributed by atoms with Gasteiger partial charge in [-0.1, -0.05) is 18.2 Å². The molecule has 2 aromatic carbocycles. The standard InChI is InChI=1S/C23H24N4O5S/c1-14-16(13-25-9-11-33-12-10-25)5-3-7-18(14)24-21(28)15(2)26-22(29)17-6-4-8-19(27(31)32)20(17)23(26)30/h3-8,15H,9-13H2,1-2H3,(H,24,28). The van der Waals surface area contributed by atoms with Crippen molar-refractivity contribution in [3.8, 4) is 0 Å². The van der Waals surface area contributed by atoms with Crippen molar-refractivity contribution in [3.63, 3.8) is 0 Å². The quantitative estimate of drug-likeness (QED) is 0.394. The maximum atomic E-state index is 13.0. The van der Waals surface area contributed by atoms with Gasteiger partial charge in [-0.05, 0) is 37.1 Å². The van der Waals surface area contributed by atoms with Crippen molar-refractivity contribution in [2.24, 2.45) is 0 Å². The summed E-state index contributed by atoms with van der Waals surface area (Å²) in [5.41, 5.74) is 1.86. The molecule has 0 aliphatic carbocycles. The second kappa shape index (κ2) is 9.32. The van der Waals surface area contributed by atoms with E-state index in [1.807, 2.05) is 30.8 Å². The van der Waals surface area contributed by atoms with E-state index in [-0.39, 0.29) is 11.1 Å². The molecule has 172 valence electrons. The van der Waals surface area contributed by atoms with E-state index < -0.39 is 34.4 Å². The van der Waals surface area contributed by atoms with E-state index in [2.05, 4.69) is 10.2 Å². The number of carbonyl (C=O) groups excluding carboxylic acids is 3. The summed E-state index contributed by atoms with van der Waals surface area (Å²) >= 11 is 1.94. The smallest absolute Gasteiger partial charge is 0.282 e. The van der Waals surface area contributed by atoms with Crippen LogP contribution in [0.15, 0.2) is 36.4 Å². The fourth-order valence-electron chi connectivity index (χ4n) is 4.13. The molecule has 4 rings (SSSR count). The Morgan fingerprint density at radius 1 is 1.15 bits per heavy atom. The molecule has 2 aromatic rings. The van der Waals surface area contributed by atoms with Crippen molar-refractivity contribution >= 4 is 40.9 Å². The zero-order valence-corrected chi connectivity index (χ0v) is 19.2. The minimum atomic E-state index is -1.14. The molecule has 1 saturated heterocycles. The van der Waals surface area contributed by atoms with Crippen LogP contribution < -0.4 is 5.32 Å². The van der Waals surface area contributed by atoms with Gasteiger partial charge in [0.05, 0.1) is 10.5 Å². The number of nitro benzene ring substituents is 1. The van der Waals surface area contributed by atoms with E-state index in [4.69, 9.17) is 0 Å². The number of benzene rings is 2. The van der Waals surface area contributed by atoms with Crippen LogP contribution in [0.25, 0.3) is 0 Å². The van der Waals surface area contributed by atoms with Gasteiger partial charge >= 0.3 is 0 Å². The van der Waals surface area contributed by atoms with E-state index in [0.29, 0.717) is 5.69 Å². The topological polar surface area (TPSA) is 113 Å². The minimum Gasteiger partial charge on any atom is -0.324 e. The molecular weight excluding hydrogens is 444 g/mol. The summed E-state index contributed by atoms with van der Waals surface area (Å²) in [4.78, 5) is 52.5. The Hall–Kier alpha value is -3.24. The lowest BCUT2D eigenvalue weighted by Gasteiger charge is -2.27. The highest BCUT2D eigenvalue weighted by Gasteiger charge is 2.44. The molecule has 0 radical (unpaired) electrons. The van der Waals surface area contributed by atoms with Gasteiger partial charge in [0.1, 0.15) is 11.6 Å². The number of nitrogens with one attached hydrogen (secondary N) is 1. The van der Waals surface area contributed by atoms with Crippen LogP contribution >= 0.6 is 11.8 Å². The first kappa shape index (κ1) is 22.9. The summed E-state index contributed by atoms with van der Waals surface area (Å²) in [5.74, 6) is 0.117. The molecule has 0 saturated carbocycles. The van der Waals surface area contributed by atoms with Crippen molar-refractivity contribution in [1.82, 2.24) is 9.80 Å². The third-order valence-electron chi connectivity index (χ3n) is 6.09. The SMILES string of the molecule is Cc1c(CN2CCSCC2)cccc1NC(=O)C(C)N1C(=O)c2cccc([N+](=O)[O-])c2C1=O. The molecule has 0 spiro atoms. The van der Waals surface area contributed by atoms with Crippen LogP contribution in [0.5, 0.6) is 0 Å². The number of rotatable bonds is 6. The van der Waals surface area contributed by atoms with Crippen LogP contribution in [0, 0.1) is 17.0 Å². The molecule has 33 heavy (non-hydrogen) atoms. The van der Waals surface area contributed by atoms with Gasteiger partial charge in [0, 0.05) is 42.9 Å². The Balaban J connectivity index is 1.52. The molecule has 2 heterocycles. The van der Waals surface area contributed by atoms with Gasteiger partial charge in [-0.15, -0.1) is 0 Å². The van der Waals surface area contributed by atoms with Crippen LogP contribution in [-0.4, -0.2) is 63.1 Å². The van der Waals surface area contributed by atoms with Crippen molar-refractivity contribution in [2.75, 3.05) is 29.9 Å². The van der Waals surface area contributed by atoms with Gasteiger partial charge in [-0.25, -0.2) is 0 Å². The zero-order valence-electron chi connectivity index (χ0n) is 18.4. The molecule has 3 amide bonds. The van der Waals surface area contributed by atoms with E-state index >= 15 is 0 Å². The Morgan fingerprint density at radius 3 is 2.55 bits per heavy atom. The predicted octanol–water partition coefficient (Wildman–Crippen LogP) is 3.08. The Bertz CT molecular complexity index is 1150. The van der Waals surface area contributed by atoms with Gasteiger partial charge in [0.2, 0.25) is 5.91 Å². The largest absolute Gasteiger partial charge is 0.324 e. The summed E-state index contributed by atoms with van der Waals surface area (Å²) in [6, 6.07) is 8.43. The molecule has 1 unspecified atom stereocenters. The fraction of sp³-hybridized carbons (Fsp3) is 0.348. The highest BCUT2D eigenvalue weighted by atomic mass is 32.2. The molecular formula is C23H24N4O5S. The number of nitrogens with zero attached hydrogens (tertiary/aromatic N) is 3. The predicted molar refractivity (Wildman–Crippen MR) is 125 cm³/mol. The first-order valence-corrected chi connectivity index (χ1v) is 11.8. The van der Waals surface area contributed by atoms with Crippen LogP contribution in [0.2, 0.25) is 0 Å². The van der Waals surface area contributed by atoms with Gasteiger partial charge in [-0.3, -0.25) is 34.3 Å². The Labute approximate surface area is 195 Å². The molecule has 2 aliphatic heterocycles. The number of nitro groups is 1. The van der Waals surface area contributed by atoms with E-state index in [1.165, 1.54) is 25.1 Å². The number of imide groups is 1. The normalized spacial score (nSPS) is 17.1. The number of thioether (sulfide) groups is 1. The highest BCUT2D eigenvalue weighted by molar-refractivity contribution is 7.99. The molecule has 0 aromatic heterocycles. The summed E-state index contributed by atoms with van der Waals surface area (Å²) in [6.45, 7) is 6.19. The lowest BCUT2D eigenvalue weighted by molar-refractivity contribution is -0.385. The monoisotopic (exact) mass is 468 g/mol. The maximum absolute atomic E-state index is 13.0. The third kappa shape index (κ3) is 4.36. The molecule has 1 atom stereocenters. The first-order valence-electron chi connectivity index (χ1n) is 10.6. The fourth-order valence-corrected chi connectivity index (χ4v) is 5.11. The van der Waals surface area contributed by atoms with Crippen LogP contribution in [-0.2, 0) is 11.3 Å². The average Bonchev–Trinajstić information content (AvgIpc) is 3.06. The number of anilines is 1. The van der Waals surface area contributed by atoms with Crippen molar-refractivity contribution in [3.05, 3.63) is 68.8 Å². The maximum Gasteiger partial charge on any atom is 0.282 e. The van der Waals surface area contributed by atoms with Crippen molar-refractivity contribution in [2.45, 2.75) is 26.4 Å². The molecule has 0 bridgehead atoms. The van der Waals surface area contributed by atoms with Crippen LogP contribution in [0.3, 0.4) is 0 Å². The van der Waals surface area contributed by atoms with Gasteiger partial charge < -0.3 is 5.32 Å². The number of hydrogen-bond acceptors (Lipinski definition) is 7. The third-order valence-corrected chi connectivity index (χ3v) is 7.03. The first-order chi connectivity index (χ1) is 15.8. The summed E-state index contributed by atoms with van der Waals surface area (Å²) in [5, 5.41) is 14.1. The number of hydrogen-bond donors (Lipinski definition) is 1. The second-order valence-electron chi connectivity index (χ2n) is 8.08. The lowest BCUT2D eigenvalue weighted by Crippen LogP contribution is -2.45. The summed E-state index contributed by atoms with van der Waals surface area (Å²) < 4.78 is 0. The van der Waals surface area contributed by atoms with Crippen LogP contribution in [0.4, 0.5) is 11.4 Å². The molecule has 1 fully saturated rings. The van der Waals surface area contributed by atoms with E-state index in [9.17, 15) is 24.5 Å². The van der Waals surface area contributed by atoms with Crippen molar-refractivity contribution in [1.29, 1.82) is 0 Å². The van der Waals surface area contributed by atoms with Crippen LogP contribution in [0.1, 0.15) is 38.8 Å². The molecule has 1 N–H and O–H groups in total. The van der Waals surface area contributed by atoms with Crippen molar-refractivity contribution < 1.29 is 19.3 Å². The van der Waals surface area contributed by atoms with Gasteiger partial charge in [0.15, 0.2) is 0 Å². The van der Waals surface area contributed by atoms with Gasteiger partial charge in [0.25, 0.3) is 17.5 Å². The lowest BCUT2D eigenvalue weighted by atomic mass is 10.1. The zero-order chi connectivity index (χ0) is 23.7. The summed E-state index contributed by atoms with van der Waals surface area (Å²) in [7, 11) is 0. The van der Waals surface area contributed by atoms with E-state index in [1.54, 1.807) is 6.07 Å². The molecule has 9 nitrogen and oxygen atoms in total. The second-order valence-corrected chi connectivity index (χ2v) is 9.31. The molecule has 2 aliphatic rings. The number of carbonyl (C=O) groups is 3. The van der Waals surface area contributed by atoms with Gasteiger partial charge in [-0.2, -0.15) is 11.8 Å². The molecule has 10 heteroatoms. The average molecular weight is 469 g/mol. The van der Waals surface area contributed by atoms with E-state index in [0.717, 1.165) is 47.2 Å². The Kier molecular flexibility index (Phi) is 6.48. The number of fused-ring (bicyclic) bond motifs is 1. The number of amides is 3.